The van der Waals surface area contributed by atoms with Crippen LogP contribution in [0, 0.1) is 11.8 Å². The third-order valence-electron chi connectivity index (χ3n) is 4.25. The van der Waals surface area contributed by atoms with Crippen LogP contribution in [0.5, 0.6) is 0 Å². The molecule has 2 heterocycles. The molecule has 5 nitrogen and oxygen atoms in total. The number of urea groups is 1. The summed E-state index contributed by atoms with van der Waals surface area (Å²) in [5, 5.41) is 9.08. The molecule has 2 aliphatic heterocycles. The number of nitrogens with zero attached hydrogens (tertiary/aromatic N) is 2. The molecule has 0 radical (unpaired) electrons. The van der Waals surface area contributed by atoms with Gasteiger partial charge in [-0.2, -0.15) is 0 Å². The van der Waals surface area contributed by atoms with Crippen molar-refractivity contribution < 1.29 is 14.7 Å². The fraction of sp³-hybridized carbons (Fsp3) is 0.846. The van der Waals surface area contributed by atoms with Crippen LogP contribution >= 0.6 is 0 Å². The van der Waals surface area contributed by atoms with Crippen molar-refractivity contribution in [3.63, 3.8) is 0 Å². The Morgan fingerprint density at radius 2 is 1.89 bits per heavy atom. The molecule has 0 spiro atoms. The molecule has 2 amide bonds. The van der Waals surface area contributed by atoms with E-state index in [2.05, 4.69) is 6.92 Å². The standard InChI is InChI=1S/C13H22N2O3/c1-9-4-3-6-14(8-9)13(18)15-7-5-11(10(15)2)12(16)17/h9-11H,3-8H2,1-2H3,(H,16,17). The van der Waals surface area contributed by atoms with Crippen LogP contribution in [-0.4, -0.2) is 52.6 Å². The minimum absolute atomic E-state index is 0.0257. The largest absolute Gasteiger partial charge is 0.481 e. The van der Waals surface area contributed by atoms with Crippen LogP contribution in [0.1, 0.15) is 33.1 Å². The number of carboxylic acid groups (broad SMARTS) is 1. The molecule has 2 aliphatic rings. The summed E-state index contributed by atoms with van der Waals surface area (Å²) >= 11 is 0. The van der Waals surface area contributed by atoms with Crippen molar-refractivity contribution in [1.82, 2.24) is 9.80 Å². The number of hydrogen-bond donors (Lipinski definition) is 1. The maximum absolute atomic E-state index is 12.4. The minimum atomic E-state index is -0.787. The van der Waals surface area contributed by atoms with E-state index in [-0.39, 0.29) is 12.1 Å². The smallest absolute Gasteiger partial charge is 0.320 e. The number of carbonyl (C=O) groups excluding carboxylic acids is 1. The molecule has 0 saturated carbocycles. The molecule has 2 rings (SSSR count). The van der Waals surface area contributed by atoms with Crippen LogP contribution in [0.4, 0.5) is 4.79 Å². The molecule has 0 aromatic heterocycles. The van der Waals surface area contributed by atoms with Crippen molar-refractivity contribution in [3.05, 3.63) is 0 Å². The number of carboxylic acids is 1. The highest BCUT2D eigenvalue weighted by Gasteiger charge is 2.40. The number of likely N-dealkylation sites (tertiary alicyclic amines) is 2. The summed E-state index contributed by atoms with van der Waals surface area (Å²) < 4.78 is 0. The Bertz CT molecular complexity index is 345. The number of rotatable bonds is 1. The molecule has 2 fully saturated rings. The van der Waals surface area contributed by atoms with Gasteiger partial charge < -0.3 is 14.9 Å². The van der Waals surface area contributed by atoms with Gasteiger partial charge >= 0.3 is 12.0 Å². The molecule has 0 aliphatic carbocycles. The highest BCUT2D eigenvalue weighted by molar-refractivity contribution is 5.78. The first kappa shape index (κ1) is 13.2. The lowest BCUT2D eigenvalue weighted by molar-refractivity contribution is -0.142. The second-order valence-electron chi connectivity index (χ2n) is 5.64. The van der Waals surface area contributed by atoms with Gasteiger partial charge in [-0.1, -0.05) is 6.92 Å². The predicted molar refractivity (Wildman–Crippen MR) is 67.3 cm³/mol. The normalized spacial score (nSPS) is 32.7. The molecule has 102 valence electrons. The summed E-state index contributed by atoms with van der Waals surface area (Å²) in [4.78, 5) is 27.1. The van der Waals surface area contributed by atoms with Crippen molar-refractivity contribution in [2.75, 3.05) is 19.6 Å². The van der Waals surface area contributed by atoms with Gasteiger partial charge in [0.1, 0.15) is 0 Å². The van der Waals surface area contributed by atoms with E-state index in [1.54, 1.807) is 4.90 Å². The Labute approximate surface area is 108 Å². The monoisotopic (exact) mass is 254 g/mol. The van der Waals surface area contributed by atoms with E-state index in [9.17, 15) is 9.59 Å². The predicted octanol–water partition coefficient (Wildman–Crippen LogP) is 1.63. The molecule has 0 aromatic carbocycles. The van der Waals surface area contributed by atoms with Gasteiger partial charge in [0.25, 0.3) is 0 Å². The van der Waals surface area contributed by atoms with E-state index in [0.29, 0.717) is 18.9 Å². The fourth-order valence-electron chi connectivity index (χ4n) is 3.08. The summed E-state index contributed by atoms with van der Waals surface area (Å²) in [5.41, 5.74) is 0. The molecule has 1 N–H and O–H groups in total. The third kappa shape index (κ3) is 2.44. The van der Waals surface area contributed by atoms with Crippen molar-refractivity contribution in [1.29, 1.82) is 0 Å². The molecule has 3 unspecified atom stereocenters. The van der Waals surface area contributed by atoms with Gasteiger partial charge in [0, 0.05) is 25.7 Å². The molecule has 0 aromatic rings. The number of aliphatic carboxylic acids is 1. The Morgan fingerprint density at radius 1 is 1.17 bits per heavy atom. The number of carbonyl (C=O) groups is 2. The average molecular weight is 254 g/mol. The lowest BCUT2D eigenvalue weighted by atomic mass is 10.0. The van der Waals surface area contributed by atoms with E-state index < -0.39 is 11.9 Å². The maximum atomic E-state index is 12.4. The molecule has 5 heteroatoms. The average Bonchev–Trinajstić information content (AvgIpc) is 2.70. The molecule has 2 saturated heterocycles. The highest BCUT2D eigenvalue weighted by Crippen LogP contribution is 2.27. The minimum Gasteiger partial charge on any atom is -0.481 e. The second-order valence-corrected chi connectivity index (χ2v) is 5.64. The zero-order valence-electron chi connectivity index (χ0n) is 11.1. The summed E-state index contributed by atoms with van der Waals surface area (Å²) in [7, 11) is 0. The molecule has 3 atom stereocenters. The van der Waals surface area contributed by atoms with Crippen molar-refractivity contribution in [2.45, 2.75) is 39.2 Å². The number of piperidine rings is 1. The third-order valence-corrected chi connectivity index (χ3v) is 4.25. The van der Waals surface area contributed by atoms with Gasteiger partial charge in [-0.25, -0.2) is 4.79 Å². The molecule has 0 bridgehead atoms. The van der Waals surface area contributed by atoms with Gasteiger partial charge in [0.05, 0.1) is 5.92 Å². The van der Waals surface area contributed by atoms with Crippen molar-refractivity contribution in [2.24, 2.45) is 11.8 Å². The number of amides is 2. The van der Waals surface area contributed by atoms with Crippen molar-refractivity contribution >= 4 is 12.0 Å². The summed E-state index contributed by atoms with van der Waals surface area (Å²) in [6, 6.07) is -0.162. The lowest BCUT2D eigenvalue weighted by Crippen LogP contribution is -2.49. The first-order valence-corrected chi connectivity index (χ1v) is 6.79. The van der Waals surface area contributed by atoms with E-state index in [1.165, 1.54) is 6.42 Å². The second kappa shape index (κ2) is 5.16. The molecular weight excluding hydrogens is 232 g/mol. The van der Waals surface area contributed by atoms with Gasteiger partial charge in [-0.3, -0.25) is 4.79 Å². The first-order chi connectivity index (χ1) is 8.50. The van der Waals surface area contributed by atoms with Gasteiger partial charge in [-0.05, 0) is 32.1 Å². The zero-order chi connectivity index (χ0) is 13.3. The van der Waals surface area contributed by atoms with E-state index in [1.807, 2.05) is 11.8 Å². The summed E-state index contributed by atoms with van der Waals surface area (Å²) in [6.07, 6.45) is 2.81. The van der Waals surface area contributed by atoms with E-state index in [0.717, 1.165) is 19.5 Å². The zero-order valence-corrected chi connectivity index (χ0v) is 11.1. The van der Waals surface area contributed by atoms with Gasteiger partial charge in [0.2, 0.25) is 0 Å². The molecular formula is C13H22N2O3. The quantitative estimate of drug-likeness (QED) is 0.773. The topological polar surface area (TPSA) is 60.9 Å². The Morgan fingerprint density at radius 3 is 2.44 bits per heavy atom. The lowest BCUT2D eigenvalue weighted by Gasteiger charge is -2.35. The number of hydrogen-bond acceptors (Lipinski definition) is 2. The first-order valence-electron chi connectivity index (χ1n) is 6.79. The fourth-order valence-corrected chi connectivity index (χ4v) is 3.08. The van der Waals surface area contributed by atoms with Crippen LogP contribution in [0.25, 0.3) is 0 Å². The van der Waals surface area contributed by atoms with Crippen LogP contribution in [0.3, 0.4) is 0 Å². The van der Waals surface area contributed by atoms with Gasteiger partial charge in [0.15, 0.2) is 0 Å². The highest BCUT2D eigenvalue weighted by atomic mass is 16.4. The Kier molecular flexibility index (Phi) is 3.78. The van der Waals surface area contributed by atoms with Crippen molar-refractivity contribution in [3.8, 4) is 0 Å². The molecule has 18 heavy (non-hydrogen) atoms. The van der Waals surface area contributed by atoms with Crippen LogP contribution in [-0.2, 0) is 4.79 Å². The SMILES string of the molecule is CC1CCCN(C(=O)N2CCC(C(=O)O)C2C)C1. The summed E-state index contributed by atoms with van der Waals surface area (Å²) in [5.74, 6) is -0.642. The van der Waals surface area contributed by atoms with E-state index >= 15 is 0 Å². The Balaban J connectivity index is 1.99. The Hall–Kier alpha value is -1.26. The van der Waals surface area contributed by atoms with Crippen LogP contribution in [0.15, 0.2) is 0 Å². The summed E-state index contributed by atoms with van der Waals surface area (Å²) in [6.45, 7) is 6.19. The van der Waals surface area contributed by atoms with Crippen LogP contribution in [0.2, 0.25) is 0 Å². The maximum Gasteiger partial charge on any atom is 0.320 e. The van der Waals surface area contributed by atoms with Crippen LogP contribution < -0.4 is 0 Å². The van der Waals surface area contributed by atoms with Gasteiger partial charge in [-0.15, -0.1) is 0 Å². The van der Waals surface area contributed by atoms with E-state index in [4.69, 9.17) is 5.11 Å².